The Balaban J connectivity index is 1.69. The van der Waals surface area contributed by atoms with Gasteiger partial charge < -0.3 is 0 Å². The molecular weight excluding hydrogens is 320 g/mol. The molecule has 0 heterocycles. The monoisotopic (exact) mass is 348 g/mol. The van der Waals surface area contributed by atoms with E-state index in [1.165, 1.54) is 18.4 Å². The molecule has 4 aliphatic carbocycles. The Morgan fingerprint density at radius 1 is 1.04 bits per heavy atom. The fraction of sp³-hybridized carbons (Fsp3) is 0.810. The number of carbonyl (C=O) groups is 2. The van der Waals surface area contributed by atoms with Crippen LogP contribution in [0.1, 0.15) is 72.1 Å². The zero-order chi connectivity index (χ0) is 17.3. The van der Waals surface area contributed by atoms with Gasteiger partial charge in [-0.05, 0) is 86.0 Å². The van der Waals surface area contributed by atoms with Crippen LogP contribution in [0.2, 0.25) is 0 Å². The molecule has 2 nitrogen and oxygen atoms in total. The standard InChI is InChI=1S/C21H29ClO2/c1-12(23)14-6-7-15-13-4-5-17-19(22)18(24)9-11-21(17,3)16(13)8-10-20(14,15)2/h13-16H,4-11H2,1-3H3. The van der Waals surface area contributed by atoms with Crippen molar-refractivity contribution in [2.24, 2.45) is 34.5 Å². The molecule has 4 aliphatic rings. The molecule has 3 heteroatoms. The summed E-state index contributed by atoms with van der Waals surface area (Å²) in [5.74, 6) is 2.85. The van der Waals surface area contributed by atoms with Gasteiger partial charge in [-0.25, -0.2) is 0 Å². The molecule has 4 rings (SSSR count). The van der Waals surface area contributed by atoms with Crippen LogP contribution in [0.4, 0.5) is 0 Å². The quantitative estimate of drug-likeness (QED) is 0.645. The minimum Gasteiger partial charge on any atom is -0.300 e. The molecule has 0 saturated heterocycles. The molecule has 0 aliphatic heterocycles. The Bertz CT molecular complexity index is 636. The SMILES string of the molecule is CC(=O)C1CCC2C3CCC4=C(Cl)C(=O)CCC4(C)C3CCC12C. The number of hydrogen-bond acceptors (Lipinski definition) is 2. The van der Waals surface area contributed by atoms with Crippen LogP contribution in [-0.2, 0) is 9.59 Å². The summed E-state index contributed by atoms with van der Waals surface area (Å²) < 4.78 is 0. The van der Waals surface area contributed by atoms with Gasteiger partial charge in [0.05, 0.1) is 5.03 Å². The molecule has 0 spiro atoms. The van der Waals surface area contributed by atoms with Crippen LogP contribution in [-0.4, -0.2) is 11.6 Å². The van der Waals surface area contributed by atoms with Crippen molar-refractivity contribution in [3.63, 3.8) is 0 Å². The van der Waals surface area contributed by atoms with Crippen molar-refractivity contribution in [1.82, 2.24) is 0 Å². The molecule has 132 valence electrons. The highest BCUT2D eigenvalue weighted by Gasteiger charge is 2.60. The lowest BCUT2D eigenvalue weighted by molar-refractivity contribution is -0.128. The zero-order valence-corrected chi connectivity index (χ0v) is 15.9. The largest absolute Gasteiger partial charge is 0.300 e. The van der Waals surface area contributed by atoms with Crippen molar-refractivity contribution in [1.29, 1.82) is 0 Å². The number of fused-ring (bicyclic) bond motifs is 5. The predicted octanol–water partition coefficient (Wildman–Crippen LogP) is 5.29. The summed E-state index contributed by atoms with van der Waals surface area (Å²) in [5.41, 5.74) is 1.58. The van der Waals surface area contributed by atoms with Crippen molar-refractivity contribution < 1.29 is 9.59 Å². The van der Waals surface area contributed by atoms with Crippen LogP contribution < -0.4 is 0 Å². The van der Waals surface area contributed by atoms with Crippen LogP contribution in [0.3, 0.4) is 0 Å². The first-order valence-corrected chi connectivity index (χ1v) is 10.1. The Morgan fingerprint density at radius 2 is 1.79 bits per heavy atom. The summed E-state index contributed by atoms with van der Waals surface area (Å²) in [6.45, 7) is 6.55. The average Bonchev–Trinajstić information content (AvgIpc) is 2.89. The second kappa shape index (κ2) is 5.43. The minimum atomic E-state index is 0.115. The number of carbonyl (C=O) groups excluding carboxylic acids is 2. The number of hydrogen-bond donors (Lipinski definition) is 0. The van der Waals surface area contributed by atoms with E-state index in [1.54, 1.807) is 6.92 Å². The van der Waals surface area contributed by atoms with Crippen LogP contribution in [0.25, 0.3) is 0 Å². The Labute approximate surface area is 150 Å². The fourth-order valence-electron chi connectivity index (χ4n) is 7.32. The highest BCUT2D eigenvalue weighted by atomic mass is 35.5. The van der Waals surface area contributed by atoms with Gasteiger partial charge in [0.1, 0.15) is 5.78 Å². The van der Waals surface area contributed by atoms with Crippen molar-refractivity contribution in [2.75, 3.05) is 0 Å². The third-order valence-electron chi connectivity index (χ3n) is 8.54. The van der Waals surface area contributed by atoms with Gasteiger partial charge >= 0.3 is 0 Å². The molecule has 3 saturated carbocycles. The Kier molecular flexibility index (Phi) is 3.81. The number of allylic oxidation sites excluding steroid dienone is 1. The molecule has 0 aromatic rings. The van der Waals surface area contributed by atoms with Gasteiger partial charge in [0.15, 0.2) is 5.78 Å². The maximum atomic E-state index is 12.2. The molecule has 0 bridgehead atoms. The Morgan fingerprint density at radius 3 is 2.50 bits per heavy atom. The normalized spacial score (nSPS) is 47.9. The first-order chi connectivity index (χ1) is 11.3. The third-order valence-corrected chi connectivity index (χ3v) is 8.98. The van der Waals surface area contributed by atoms with Gasteiger partial charge in [-0.3, -0.25) is 9.59 Å². The third kappa shape index (κ3) is 2.08. The number of rotatable bonds is 1. The summed E-state index contributed by atoms with van der Waals surface area (Å²) in [7, 11) is 0. The maximum absolute atomic E-state index is 12.2. The van der Waals surface area contributed by atoms with Gasteiger partial charge in [0, 0.05) is 12.3 Å². The van der Waals surface area contributed by atoms with E-state index in [0.717, 1.165) is 32.1 Å². The summed E-state index contributed by atoms with van der Waals surface area (Å²) >= 11 is 6.45. The molecule has 0 aromatic heterocycles. The summed E-state index contributed by atoms with van der Waals surface area (Å²) in [5, 5.41) is 0.559. The second-order valence-corrected chi connectivity index (χ2v) is 9.71. The first kappa shape index (κ1) is 16.8. The predicted molar refractivity (Wildman–Crippen MR) is 95.7 cm³/mol. The molecule has 0 aromatic carbocycles. The van der Waals surface area contributed by atoms with E-state index in [2.05, 4.69) is 13.8 Å². The van der Waals surface area contributed by atoms with E-state index in [4.69, 9.17) is 11.6 Å². The molecule has 0 amide bonds. The highest BCUT2D eigenvalue weighted by molar-refractivity contribution is 6.43. The van der Waals surface area contributed by atoms with Crippen LogP contribution in [0, 0.1) is 34.5 Å². The summed E-state index contributed by atoms with van der Waals surface area (Å²) in [4.78, 5) is 24.2. The van der Waals surface area contributed by atoms with E-state index in [9.17, 15) is 9.59 Å². The van der Waals surface area contributed by atoms with Crippen LogP contribution >= 0.6 is 11.6 Å². The van der Waals surface area contributed by atoms with E-state index in [0.29, 0.717) is 35.0 Å². The van der Waals surface area contributed by atoms with Gasteiger partial charge in [0.2, 0.25) is 0 Å². The van der Waals surface area contributed by atoms with Gasteiger partial charge in [-0.2, -0.15) is 0 Å². The second-order valence-electron chi connectivity index (χ2n) is 9.33. The molecule has 0 radical (unpaired) electrons. The molecule has 24 heavy (non-hydrogen) atoms. The summed E-state index contributed by atoms with van der Waals surface area (Å²) in [6.07, 6.45) is 8.38. The number of ketones is 2. The Hall–Kier alpha value is -0.630. The van der Waals surface area contributed by atoms with Crippen molar-refractivity contribution in [2.45, 2.75) is 72.1 Å². The molecule has 6 unspecified atom stereocenters. The lowest BCUT2D eigenvalue weighted by Gasteiger charge is -2.58. The summed E-state index contributed by atoms with van der Waals surface area (Å²) in [6, 6.07) is 0. The molecular formula is C21H29ClO2. The van der Waals surface area contributed by atoms with Crippen molar-refractivity contribution >= 4 is 23.2 Å². The number of halogens is 1. The average molecular weight is 349 g/mol. The lowest BCUT2D eigenvalue weighted by atomic mass is 9.46. The van der Waals surface area contributed by atoms with E-state index >= 15 is 0 Å². The van der Waals surface area contributed by atoms with Gasteiger partial charge in [-0.15, -0.1) is 0 Å². The van der Waals surface area contributed by atoms with Gasteiger partial charge in [-0.1, -0.05) is 25.4 Å². The fourth-order valence-corrected chi connectivity index (χ4v) is 7.72. The minimum absolute atomic E-state index is 0.115. The molecule has 6 atom stereocenters. The lowest BCUT2D eigenvalue weighted by Crippen LogP contribution is -2.51. The van der Waals surface area contributed by atoms with Gasteiger partial charge in [0.25, 0.3) is 0 Å². The van der Waals surface area contributed by atoms with Crippen LogP contribution in [0.5, 0.6) is 0 Å². The maximum Gasteiger partial charge on any atom is 0.174 e. The first-order valence-electron chi connectivity index (χ1n) is 9.72. The van der Waals surface area contributed by atoms with E-state index < -0.39 is 0 Å². The van der Waals surface area contributed by atoms with E-state index in [-0.39, 0.29) is 22.5 Å². The van der Waals surface area contributed by atoms with E-state index in [1.807, 2.05) is 0 Å². The number of Topliss-reactive ketones (excluding diaryl/α,β-unsaturated/α-hetero) is 2. The zero-order valence-electron chi connectivity index (χ0n) is 15.2. The molecule has 3 fully saturated rings. The van der Waals surface area contributed by atoms with Crippen molar-refractivity contribution in [3.8, 4) is 0 Å². The topological polar surface area (TPSA) is 34.1 Å². The molecule has 0 N–H and O–H groups in total. The highest BCUT2D eigenvalue weighted by Crippen LogP contribution is 2.67. The van der Waals surface area contributed by atoms with Crippen molar-refractivity contribution in [3.05, 3.63) is 10.6 Å². The van der Waals surface area contributed by atoms with Crippen LogP contribution in [0.15, 0.2) is 10.6 Å². The smallest absolute Gasteiger partial charge is 0.174 e.